The van der Waals surface area contributed by atoms with Crippen LogP contribution in [0.5, 0.6) is 5.75 Å². The number of halogens is 1. The Morgan fingerprint density at radius 1 is 1.47 bits per heavy atom. The molecule has 0 saturated carbocycles. The fraction of sp³-hybridized carbons (Fsp3) is 0.357. The monoisotopic (exact) mass is 340 g/mol. The van der Waals surface area contributed by atoms with E-state index in [1.807, 2.05) is 18.6 Å². The molecular formula is C14H17BrN2OS. The van der Waals surface area contributed by atoms with Crippen molar-refractivity contribution in [2.45, 2.75) is 32.9 Å². The molecule has 3 nitrogen and oxygen atoms in total. The van der Waals surface area contributed by atoms with Gasteiger partial charge >= 0.3 is 0 Å². The largest absolute Gasteiger partial charge is 0.487 e. The molecule has 2 N–H and O–H groups in total. The molecule has 0 saturated heterocycles. The lowest BCUT2D eigenvalue weighted by molar-refractivity contribution is 0.303. The van der Waals surface area contributed by atoms with Crippen LogP contribution >= 0.6 is 27.3 Å². The summed E-state index contributed by atoms with van der Waals surface area (Å²) in [4.78, 5) is 5.17. The van der Waals surface area contributed by atoms with E-state index in [2.05, 4.69) is 40.0 Å². The SMILES string of the molecule is Cc1cc(Br)cc(CC(C)N)c1OCc1cncs1. The summed E-state index contributed by atoms with van der Waals surface area (Å²) in [5.74, 6) is 0.939. The number of benzene rings is 1. The molecule has 0 aliphatic rings. The van der Waals surface area contributed by atoms with Gasteiger partial charge in [-0.2, -0.15) is 0 Å². The van der Waals surface area contributed by atoms with E-state index in [4.69, 9.17) is 10.5 Å². The average Bonchev–Trinajstić information content (AvgIpc) is 2.79. The number of aromatic nitrogens is 1. The Balaban J connectivity index is 2.21. The van der Waals surface area contributed by atoms with Crippen LogP contribution in [0.1, 0.15) is 22.9 Å². The number of nitrogens with two attached hydrogens (primary N) is 1. The third kappa shape index (κ3) is 4.03. The number of hydrogen-bond donors (Lipinski definition) is 1. The molecule has 0 aliphatic heterocycles. The van der Waals surface area contributed by atoms with Gasteiger partial charge in [-0.05, 0) is 43.5 Å². The zero-order chi connectivity index (χ0) is 13.8. The van der Waals surface area contributed by atoms with E-state index in [-0.39, 0.29) is 6.04 Å². The van der Waals surface area contributed by atoms with Crippen LogP contribution in [0.15, 0.2) is 28.3 Å². The average molecular weight is 341 g/mol. The Bertz CT molecular complexity index is 541. The number of nitrogens with zero attached hydrogens (tertiary/aromatic N) is 1. The Morgan fingerprint density at radius 2 is 2.26 bits per heavy atom. The van der Waals surface area contributed by atoms with Crippen molar-refractivity contribution in [3.05, 3.63) is 44.3 Å². The smallest absolute Gasteiger partial charge is 0.126 e. The van der Waals surface area contributed by atoms with Gasteiger partial charge in [0, 0.05) is 16.7 Å². The lowest BCUT2D eigenvalue weighted by atomic mass is 10.0. The van der Waals surface area contributed by atoms with Crippen LogP contribution < -0.4 is 10.5 Å². The van der Waals surface area contributed by atoms with E-state index >= 15 is 0 Å². The van der Waals surface area contributed by atoms with E-state index in [0.29, 0.717) is 6.61 Å². The lowest BCUT2D eigenvalue weighted by Gasteiger charge is -2.16. The summed E-state index contributed by atoms with van der Waals surface area (Å²) in [5, 5.41) is 0. The molecule has 1 aromatic heterocycles. The number of aryl methyl sites for hydroxylation is 1. The van der Waals surface area contributed by atoms with Gasteiger partial charge in [0.2, 0.25) is 0 Å². The van der Waals surface area contributed by atoms with E-state index in [1.165, 1.54) is 0 Å². The van der Waals surface area contributed by atoms with Gasteiger partial charge in [0.25, 0.3) is 0 Å². The van der Waals surface area contributed by atoms with Crippen molar-refractivity contribution in [3.63, 3.8) is 0 Å². The van der Waals surface area contributed by atoms with Crippen molar-refractivity contribution in [2.75, 3.05) is 0 Å². The van der Waals surface area contributed by atoms with Crippen molar-refractivity contribution in [3.8, 4) is 5.75 Å². The Labute approximate surface area is 125 Å². The first-order valence-electron chi connectivity index (χ1n) is 6.11. The summed E-state index contributed by atoms with van der Waals surface area (Å²) >= 11 is 5.12. The molecule has 0 spiro atoms. The maximum atomic E-state index is 5.96. The van der Waals surface area contributed by atoms with Crippen LogP contribution in [0.4, 0.5) is 0 Å². The minimum atomic E-state index is 0.111. The van der Waals surface area contributed by atoms with Crippen LogP contribution in [0.3, 0.4) is 0 Å². The van der Waals surface area contributed by atoms with Gasteiger partial charge in [0.15, 0.2) is 0 Å². The molecule has 2 aromatic rings. The van der Waals surface area contributed by atoms with Crippen molar-refractivity contribution in [1.29, 1.82) is 0 Å². The molecule has 5 heteroatoms. The zero-order valence-electron chi connectivity index (χ0n) is 11.0. The van der Waals surface area contributed by atoms with Crippen molar-refractivity contribution in [2.24, 2.45) is 5.73 Å². The van der Waals surface area contributed by atoms with Crippen molar-refractivity contribution >= 4 is 27.3 Å². The van der Waals surface area contributed by atoms with Crippen LogP contribution in [0, 0.1) is 6.92 Å². The van der Waals surface area contributed by atoms with Crippen LogP contribution in [-0.4, -0.2) is 11.0 Å². The molecule has 0 aliphatic carbocycles. The fourth-order valence-corrected chi connectivity index (χ4v) is 3.09. The molecule has 2 rings (SSSR count). The van der Waals surface area contributed by atoms with Gasteiger partial charge in [-0.1, -0.05) is 15.9 Å². The summed E-state index contributed by atoms with van der Waals surface area (Å²) < 4.78 is 7.02. The Hall–Kier alpha value is -0.910. The maximum Gasteiger partial charge on any atom is 0.126 e. The lowest BCUT2D eigenvalue weighted by Crippen LogP contribution is -2.18. The second-order valence-corrected chi connectivity index (χ2v) is 6.54. The molecule has 102 valence electrons. The minimum Gasteiger partial charge on any atom is -0.487 e. The topological polar surface area (TPSA) is 48.1 Å². The second-order valence-electron chi connectivity index (χ2n) is 4.65. The molecule has 1 atom stereocenters. The number of hydrogen-bond acceptors (Lipinski definition) is 4. The minimum absolute atomic E-state index is 0.111. The van der Waals surface area contributed by atoms with E-state index in [1.54, 1.807) is 11.3 Å². The summed E-state index contributed by atoms with van der Waals surface area (Å²) in [6.07, 6.45) is 2.64. The summed E-state index contributed by atoms with van der Waals surface area (Å²) in [5.41, 5.74) is 9.99. The second kappa shape index (κ2) is 6.50. The van der Waals surface area contributed by atoms with E-state index in [9.17, 15) is 0 Å². The highest BCUT2D eigenvalue weighted by Crippen LogP contribution is 2.30. The van der Waals surface area contributed by atoms with Crippen molar-refractivity contribution in [1.82, 2.24) is 4.98 Å². The molecule has 1 heterocycles. The maximum absolute atomic E-state index is 5.96. The standard InChI is InChI=1S/C14H17BrN2OS/c1-9-3-12(15)5-11(4-10(2)16)14(9)18-7-13-6-17-8-19-13/h3,5-6,8,10H,4,7,16H2,1-2H3. The number of rotatable bonds is 5. The fourth-order valence-electron chi connectivity index (χ4n) is 1.96. The highest BCUT2D eigenvalue weighted by atomic mass is 79.9. The van der Waals surface area contributed by atoms with E-state index in [0.717, 1.165) is 32.6 Å². The molecule has 0 amide bonds. The Kier molecular flexibility index (Phi) is 4.96. The number of ether oxygens (including phenoxy) is 1. The predicted molar refractivity (Wildman–Crippen MR) is 82.7 cm³/mol. The highest BCUT2D eigenvalue weighted by Gasteiger charge is 2.11. The first-order valence-corrected chi connectivity index (χ1v) is 7.78. The molecule has 0 fully saturated rings. The third-order valence-corrected chi connectivity index (χ3v) is 3.91. The summed E-state index contributed by atoms with van der Waals surface area (Å²) in [7, 11) is 0. The molecular weight excluding hydrogens is 324 g/mol. The first-order chi connectivity index (χ1) is 9.06. The van der Waals surface area contributed by atoms with Gasteiger partial charge in [0.05, 0.1) is 10.4 Å². The highest BCUT2D eigenvalue weighted by molar-refractivity contribution is 9.10. The van der Waals surface area contributed by atoms with Gasteiger partial charge in [0.1, 0.15) is 12.4 Å². The normalized spacial score (nSPS) is 12.4. The quantitative estimate of drug-likeness (QED) is 0.902. The molecule has 0 bridgehead atoms. The number of thiazole rings is 1. The zero-order valence-corrected chi connectivity index (χ0v) is 13.4. The third-order valence-electron chi connectivity index (χ3n) is 2.70. The Morgan fingerprint density at radius 3 is 2.89 bits per heavy atom. The van der Waals surface area contributed by atoms with Gasteiger partial charge in [-0.15, -0.1) is 11.3 Å². The van der Waals surface area contributed by atoms with Gasteiger partial charge in [-0.25, -0.2) is 0 Å². The van der Waals surface area contributed by atoms with Gasteiger partial charge in [-0.3, -0.25) is 4.98 Å². The summed E-state index contributed by atoms with van der Waals surface area (Å²) in [6.45, 7) is 4.61. The molecule has 1 aromatic carbocycles. The van der Waals surface area contributed by atoms with Crippen LogP contribution in [-0.2, 0) is 13.0 Å². The van der Waals surface area contributed by atoms with Crippen molar-refractivity contribution < 1.29 is 4.74 Å². The molecule has 1 unspecified atom stereocenters. The van der Waals surface area contributed by atoms with Gasteiger partial charge < -0.3 is 10.5 Å². The summed E-state index contributed by atoms with van der Waals surface area (Å²) in [6, 6.07) is 4.25. The van der Waals surface area contributed by atoms with Crippen LogP contribution in [0.2, 0.25) is 0 Å². The predicted octanol–water partition coefficient (Wildman–Crippen LogP) is 3.68. The first kappa shape index (κ1) is 14.5. The molecule has 0 radical (unpaired) electrons. The molecule has 19 heavy (non-hydrogen) atoms. The van der Waals surface area contributed by atoms with Crippen LogP contribution in [0.25, 0.3) is 0 Å². The van der Waals surface area contributed by atoms with E-state index < -0.39 is 0 Å².